The molecule has 0 aromatic heterocycles. The fourth-order valence-corrected chi connectivity index (χ4v) is 5.79. The molecule has 0 bridgehead atoms. The largest absolute Gasteiger partial charge is 0.497 e. The van der Waals surface area contributed by atoms with Crippen molar-refractivity contribution in [2.75, 3.05) is 18.0 Å². The van der Waals surface area contributed by atoms with E-state index in [1.165, 1.54) is 17.0 Å². The summed E-state index contributed by atoms with van der Waals surface area (Å²) in [7, 11) is -2.53. The van der Waals surface area contributed by atoms with Crippen LogP contribution in [-0.4, -0.2) is 50.9 Å². The van der Waals surface area contributed by atoms with E-state index in [1.807, 2.05) is 52.0 Å². The lowest BCUT2D eigenvalue weighted by Crippen LogP contribution is -2.52. The van der Waals surface area contributed by atoms with Gasteiger partial charge in [0.1, 0.15) is 18.3 Å². The minimum absolute atomic E-state index is 0.0712. The highest BCUT2D eigenvalue weighted by molar-refractivity contribution is 7.92. The summed E-state index contributed by atoms with van der Waals surface area (Å²) in [5.74, 6) is -0.138. The average molecular weight is 566 g/mol. The predicted octanol–water partition coefficient (Wildman–Crippen LogP) is 4.84. The Morgan fingerprint density at radius 1 is 0.950 bits per heavy atom. The Morgan fingerprint density at radius 3 is 2.17 bits per heavy atom. The van der Waals surface area contributed by atoms with Gasteiger partial charge in [0.2, 0.25) is 11.8 Å². The lowest BCUT2D eigenvalue weighted by molar-refractivity contribution is -0.139. The normalized spacial score (nSPS) is 12.8. The van der Waals surface area contributed by atoms with Gasteiger partial charge in [0.05, 0.1) is 17.7 Å². The molecule has 0 aliphatic heterocycles. The quantitative estimate of drug-likeness (QED) is 0.339. The number of nitrogens with zero attached hydrogens (tertiary/aromatic N) is 2. The molecular formula is C31H39N3O5S. The topological polar surface area (TPSA) is 96.0 Å². The Kier molecular flexibility index (Phi) is 10.3. The highest BCUT2D eigenvalue weighted by Gasteiger charge is 2.33. The lowest BCUT2D eigenvalue weighted by Gasteiger charge is -2.33. The highest BCUT2D eigenvalue weighted by Crippen LogP contribution is 2.28. The third-order valence-electron chi connectivity index (χ3n) is 6.91. The van der Waals surface area contributed by atoms with Crippen molar-refractivity contribution in [2.45, 2.75) is 64.6 Å². The maximum absolute atomic E-state index is 14.0. The first kappa shape index (κ1) is 30.7. The molecule has 0 aliphatic rings. The molecule has 0 unspecified atom stereocenters. The molecule has 214 valence electrons. The van der Waals surface area contributed by atoms with Crippen LogP contribution in [-0.2, 0) is 26.2 Å². The maximum Gasteiger partial charge on any atom is 0.264 e. The molecule has 8 nitrogen and oxygen atoms in total. The summed E-state index contributed by atoms with van der Waals surface area (Å²) in [6.45, 7) is 8.90. The fraction of sp³-hybridized carbons (Fsp3) is 0.355. The number of anilines is 1. The van der Waals surface area contributed by atoms with Gasteiger partial charge in [0.15, 0.2) is 0 Å². The molecule has 0 heterocycles. The van der Waals surface area contributed by atoms with Crippen LogP contribution in [0.3, 0.4) is 0 Å². The molecule has 1 N–H and O–H groups in total. The average Bonchev–Trinajstić information content (AvgIpc) is 2.95. The van der Waals surface area contributed by atoms with Crippen molar-refractivity contribution in [2.24, 2.45) is 0 Å². The molecule has 3 aromatic carbocycles. The SMILES string of the molecule is CC[C@@H](C)NC(=O)[C@H](C)N(Cc1ccc(OC)cc1)C(=O)CN(c1ccc(C)cc1C)S(=O)(=O)c1ccccc1. The second-order valence-corrected chi connectivity index (χ2v) is 11.8. The Balaban J connectivity index is 2.04. The van der Waals surface area contributed by atoms with Crippen molar-refractivity contribution in [3.63, 3.8) is 0 Å². The lowest BCUT2D eigenvalue weighted by atomic mass is 10.1. The first-order chi connectivity index (χ1) is 19.0. The molecule has 0 radical (unpaired) electrons. The highest BCUT2D eigenvalue weighted by atomic mass is 32.2. The third kappa shape index (κ3) is 7.41. The van der Waals surface area contributed by atoms with Crippen LogP contribution in [0.2, 0.25) is 0 Å². The van der Waals surface area contributed by atoms with E-state index in [2.05, 4.69) is 5.32 Å². The molecule has 0 saturated carbocycles. The summed E-state index contributed by atoms with van der Waals surface area (Å²) in [6, 6.07) is 19.7. The van der Waals surface area contributed by atoms with Gasteiger partial charge in [-0.3, -0.25) is 13.9 Å². The van der Waals surface area contributed by atoms with Gasteiger partial charge in [-0.25, -0.2) is 8.42 Å². The van der Waals surface area contributed by atoms with E-state index in [9.17, 15) is 18.0 Å². The molecule has 9 heteroatoms. The van der Waals surface area contributed by atoms with Crippen LogP contribution in [0.5, 0.6) is 5.75 Å². The van der Waals surface area contributed by atoms with Gasteiger partial charge < -0.3 is 15.0 Å². The number of aryl methyl sites for hydroxylation is 2. The van der Waals surface area contributed by atoms with Gasteiger partial charge >= 0.3 is 0 Å². The van der Waals surface area contributed by atoms with Crippen LogP contribution in [0.1, 0.15) is 43.9 Å². The Bertz CT molecular complexity index is 1410. The number of sulfonamides is 1. The summed E-state index contributed by atoms with van der Waals surface area (Å²) in [5, 5.41) is 2.94. The molecule has 3 rings (SSSR count). The molecule has 40 heavy (non-hydrogen) atoms. The second kappa shape index (κ2) is 13.5. The summed E-state index contributed by atoms with van der Waals surface area (Å²) in [4.78, 5) is 28.7. The summed E-state index contributed by atoms with van der Waals surface area (Å²) < 4.78 is 34.2. The van der Waals surface area contributed by atoms with Crippen molar-refractivity contribution >= 4 is 27.5 Å². The number of rotatable bonds is 12. The summed E-state index contributed by atoms with van der Waals surface area (Å²) in [5.41, 5.74) is 2.88. The number of nitrogens with one attached hydrogen (secondary N) is 1. The van der Waals surface area contributed by atoms with Crippen molar-refractivity contribution < 1.29 is 22.7 Å². The van der Waals surface area contributed by atoms with E-state index in [0.717, 1.165) is 27.4 Å². The van der Waals surface area contributed by atoms with E-state index in [0.29, 0.717) is 11.4 Å². The zero-order chi connectivity index (χ0) is 29.4. The minimum atomic E-state index is -4.10. The van der Waals surface area contributed by atoms with Crippen molar-refractivity contribution in [1.82, 2.24) is 10.2 Å². The summed E-state index contributed by atoms with van der Waals surface area (Å²) in [6.07, 6.45) is 0.737. The molecular weight excluding hydrogens is 526 g/mol. The predicted molar refractivity (Wildman–Crippen MR) is 158 cm³/mol. The number of methoxy groups -OCH3 is 1. The van der Waals surface area contributed by atoms with Crippen LogP contribution in [0.15, 0.2) is 77.7 Å². The second-order valence-electron chi connectivity index (χ2n) is 9.98. The molecule has 0 fully saturated rings. The number of carbonyl (C=O) groups is 2. The number of carbonyl (C=O) groups excluding carboxylic acids is 2. The van der Waals surface area contributed by atoms with E-state index < -0.39 is 28.5 Å². The molecule has 0 spiro atoms. The van der Waals surface area contributed by atoms with Crippen LogP contribution >= 0.6 is 0 Å². The molecule has 0 saturated heterocycles. The van der Waals surface area contributed by atoms with Crippen molar-refractivity contribution in [3.8, 4) is 5.75 Å². The standard InChI is InChI=1S/C31H39N3O5S/c1-7-24(4)32-31(36)25(5)33(20-26-14-16-27(39-6)17-15-26)30(35)21-34(29-18-13-22(2)19-23(29)3)40(37,38)28-11-9-8-10-12-28/h8-19,24-25H,7,20-21H2,1-6H3,(H,32,36)/t24-,25+/m1/s1. The van der Waals surface area contributed by atoms with Gasteiger partial charge in [0.25, 0.3) is 10.0 Å². The molecule has 0 aliphatic carbocycles. The van der Waals surface area contributed by atoms with Crippen LogP contribution < -0.4 is 14.4 Å². The number of hydrogen-bond acceptors (Lipinski definition) is 5. The van der Waals surface area contributed by atoms with Gasteiger partial charge in [-0.15, -0.1) is 0 Å². The molecule has 3 aromatic rings. The number of benzene rings is 3. The van der Waals surface area contributed by atoms with Crippen LogP contribution in [0.4, 0.5) is 5.69 Å². The zero-order valence-corrected chi connectivity index (χ0v) is 24.9. The van der Waals surface area contributed by atoms with Crippen LogP contribution in [0, 0.1) is 13.8 Å². The number of ether oxygens (including phenoxy) is 1. The smallest absolute Gasteiger partial charge is 0.264 e. The maximum atomic E-state index is 14.0. The first-order valence-corrected chi connectivity index (χ1v) is 14.8. The number of amides is 2. The van der Waals surface area contributed by atoms with Gasteiger partial charge in [-0.2, -0.15) is 0 Å². The Morgan fingerprint density at radius 2 is 1.60 bits per heavy atom. The van der Waals surface area contributed by atoms with Crippen molar-refractivity contribution in [1.29, 1.82) is 0 Å². The van der Waals surface area contributed by atoms with Gasteiger partial charge in [0, 0.05) is 12.6 Å². The van der Waals surface area contributed by atoms with E-state index in [-0.39, 0.29) is 23.4 Å². The number of hydrogen-bond donors (Lipinski definition) is 1. The minimum Gasteiger partial charge on any atom is -0.497 e. The monoisotopic (exact) mass is 565 g/mol. The van der Waals surface area contributed by atoms with E-state index in [4.69, 9.17) is 4.74 Å². The summed E-state index contributed by atoms with van der Waals surface area (Å²) >= 11 is 0. The molecule has 2 atom stereocenters. The van der Waals surface area contributed by atoms with Crippen LogP contribution in [0.25, 0.3) is 0 Å². The third-order valence-corrected chi connectivity index (χ3v) is 8.69. The molecule has 2 amide bonds. The van der Waals surface area contributed by atoms with E-state index in [1.54, 1.807) is 50.4 Å². The van der Waals surface area contributed by atoms with Gasteiger partial charge in [-0.1, -0.05) is 55.0 Å². The van der Waals surface area contributed by atoms with Gasteiger partial charge in [-0.05, 0) is 75.6 Å². The Hall–Kier alpha value is -3.85. The van der Waals surface area contributed by atoms with Crippen molar-refractivity contribution in [3.05, 3.63) is 89.5 Å². The Labute approximate surface area is 238 Å². The first-order valence-electron chi connectivity index (χ1n) is 13.4. The zero-order valence-electron chi connectivity index (χ0n) is 24.0. The van der Waals surface area contributed by atoms with E-state index >= 15 is 0 Å². The fourth-order valence-electron chi connectivity index (χ4n) is 4.29.